The molecule has 0 saturated carbocycles. The van der Waals surface area contributed by atoms with E-state index in [1.165, 1.54) is 4.90 Å². The largest absolute Gasteiger partial charge is 0.356 e. The standard InChI is InChI=1S/C21H35N5OS/c1-17(28-18-10-6-5-7-11-18)16-24-21(22-2)23-13-9-15-26-14-8-12-19(26)20(27)25(3)4/h5-7,10-11,17,19H,8-9,12-16H2,1-4H3,(H2,22,23,24). The number of benzene rings is 1. The third-order valence-corrected chi connectivity index (χ3v) is 5.98. The van der Waals surface area contributed by atoms with Gasteiger partial charge in [0, 0.05) is 50.9 Å². The molecule has 0 radical (unpaired) electrons. The Morgan fingerprint density at radius 2 is 2.07 bits per heavy atom. The molecule has 0 aromatic heterocycles. The molecule has 1 aromatic carbocycles. The number of nitrogens with one attached hydrogen (secondary N) is 2. The molecule has 1 aliphatic heterocycles. The zero-order valence-electron chi connectivity index (χ0n) is 17.6. The number of hydrogen-bond acceptors (Lipinski definition) is 4. The van der Waals surface area contributed by atoms with Gasteiger partial charge in [0.05, 0.1) is 6.04 Å². The van der Waals surface area contributed by atoms with E-state index in [1.807, 2.05) is 31.9 Å². The summed E-state index contributed by atoms with van der Waals surface area (Å²) < 4.78 is 0. The van der Waals surface area contributed by atoms with E-state index in [0.29, 0.717) is 5.25 Å². The van der Waals surface area contributed by atoms with Crippen molar-refractivity contribution < 1.29 is 4.79 Å². The number of rotatable bonds is 9. The normalized spacial score (nSPS) is 18.7. The molecule has 1 amide bonds. The van der Waals surface area contributed by atoms with Crippen LogP contribution in [0.4, 0.5) is 0 Å². The number of likely N-dealkylation sites (N-methyl/N-ethyl adjacent to an activating group) is 1. The summed E-state index contributed by atoms with van der Waals surface area (Å²) in [6.45, 7) is 5.87. The Labute approximate surface area is 174 Å². The monoisotopic (exact) mass is 405 g/mol. The predicted molar refractivity (Wildman–Crippen MR) is 119 cm³/mol. The van der Waals surface area contributed by atoms with Gasteiger partial charge in [-0.25, -0.2) is 0 Å². The number of aliphatic imine (C=N–C) groups is 1. The van der Waals surface area contributed by atoms with E-state index in [9.17, 15) is 4.79 Å². The molecule has 1 fully saturated rings. The summed E-state index contributed by atoms with van der Waals surface area (Å²) in [5.41, 5.74) is 0. The fraction of sp³-hybridized carbons (Fsp3) is 0.619. The van der Waals surface area contributed by atoms with Crippen LogP contribution in [0.3, 0.4) is 0 Å². The molecule has 2 N–H and O–H groups in total. The van der Waals surface area contributed by atoms with E-state index >= 15 is 0 Å². The van der Waals surface area contributed by atoms with Crippen LogP contribution in [0, 0.1) is 0 Å². The Balaban J connectivity index is 1.65. The van der Waals surface area contributed by atoms with Gasteiger partial charge in [-0.15, -0.1) is 11.8 Å². The molecule has 0 aliphatic carbocycles. The zero-order chi connectivity index (χ0) is 20.4. The lowest BCUT2D eigenvalue weighted by Gasteiger charge is -2.26. The molecule has 1 saturated heterocycles. The molecule has 28 heavy (non-hydrogen) atoms. The average molecular weight is 406 g/mol. The summed E-state index contributed by atoms with van der Waals surface area (Å²) in [5, 5.41) is 7.24. The number of carbonyl (C=O) groups is 1. The van der Waals surface area contributed by atoms with Crippen molar-refractivity contribution >= 4 is 23.6 Å². The highest BCUT2D eigenvalue weighted by Gasteiger charge is 2.30. The van der Waals surface area contributed by atoms with E-state index in [4.69, 9.17) is 0 Å². The average Bonchev–Trinajstić information content (AvgIpc) is 3.16. The van der Waals surface area contributed by atoms with Crippen molar-refractivity contribution in [2.24, 2.45) is 4.99 Å². The summed E-state index contributed by atoms with van der Waals surface area (Å²) in [5.74, 6) is 1.07. The van der Waals surface area contributed by atoms with Crippen LogP contribution in [0.15, 0.2) is 40.2 Å². The van der Waals surface area contributed by atoms with Crippen molar-refractivity contribution in [3.63, 3.8) is 0 Å². The van der Waals surface area contributed by atoms with Crippen LogP contribution in [0.2, 0.25) is 0 Å². The van der Waals surface area contributed by atoms with Crippen molar-refractivity contribution in [3.05, 3.63) is 30.3 Å². The van der Waals surface area contributed by atoms with Gasteiger partial charge >= 0.3 is 0 Å². The Morgan fingerprint density at radius 3 is 2.75 bits per heavy atom. The second-order valence-corrected chi connectivity index (χ2v) is 8.91. The van der Waals surface area contributed by atoms with Crippen LogP contribution in [-0.4, -0.2) is 80.3 Å². The molecular formula is C21H35N5OS. The van der Waals surface area contributed by atoms with Crippen molar-refractivity contribution in [3.8, 4) is 0 Å². The van der Waals surface area contributed by atoms with Gasteiger partial charge in [-0.2, -0.15) is 0 Å². The topological polar surface area (TPSA) is 60.0 Å². The minimum Gasteiger partial charge on any atom is -0.356 e. The van der Waals surface area contributed by atoms with Crippen molar-refractivity contribution in [2.45, 2.75) is 42.4 Å². The maximum absolute atomic E-state index is 12.3. The first kappa shape index (κ1) is 22.6. The molecule has 1 aliphatic rings. The van der Waals surface area contributed by atoms with E-state index in [0.717, 1.165) is 51.4 Å². The second kappa shape index (κ2) is 12.0. The molecular weight excluding hydrogens is 370 g/mol. The smallest absolute Gasteiger partial charge is 0.239 e. The highest BCUT2D eigenvalue weighted by molar-refractivity contribution is 8.00. The van der Waals surface area contributed by atoms with Crippen LogP contribution in [-0.2, 0) is 4.79 Å². The van der Waals surface area contributed by atoms with Gasteiger partial charge in [-0.05, 0) is 37.9 Å². The minimum atomic E-state index is 0.0586. The van der Waals surface area contributed by atoms with Crippen LogP contribution in [0.1, 0.15) is 26.2 Å². The molecule has 1 heterocycles. The lowest BCUT2D eigenvalue weighted by atomic mass is 10.2. The summed E-state index contributed by atoms with van der Waals surface area (Å²) in [7, 11) is 5.48. The van der Waals surface area contributed by atoms with Gasteiger partial charge in [-0.3, -0.25) is 14.7 Å². The SMILES string of the molecule is CN=C(NCCCN1CCCC1C(=O)N(C)C)NCC(C)Sc1ccccc1. The molecule has 0 bridgehead atoms. The number of nitrogens with zero attached hydrogens (tertiary/aromatic N) is 3. The fourth-order valence-corrected chi connectivity index (χ4v) is 4.34. The van der Waals surface area contributed by atoms with E-state index in [1.54, 1.807) is 11.9 Å². The van der Waals surface area contributed by atoms with Gasteiger partial charge in [0.15, 0.2) is 5.96 Å². The summed E-state index contributed by atoms with van der Waals surface area (Å²) in [6.07, 6.45) is 3.08. The molecule has 1 aromatic rings. The summed E-state index contributed by atoms with van der Waals surface area (Å²) in [6, 6.07) is 10.5. The molecule has 156 valence electrons. The van der Waals surface area contributed by atoms with Gasteiger partial charge < -0.3 is 15.5 Å². The van der Waals surface area contributed by atoms with Gasteiger partial charge in [0.1, 0.15) is 0 Å². The van der Waals surface area contributed by atoms with E-state index < -0.39 is 0 Å². The number of likely N-dealkylation sites (tertiary alicyclic amines) is 1. The van der Waals surface area contributed by atoms with Crippen molar-refractivity contribution in [2.75, 3.05) is 47.3 Å². The summed E-state index contributed by atoms with van der Waals surface area (Å²) in [4.78, 5) is 21.9. The third kappa shape index (κ3) is 7.36. The molecule has 6 nitrogen and oxygen atoms in total. The first-order valence-electron chi connectivity index (χ1n) is 10.1. The first-order valence-corrected chi connectivity index (χ1v) is 11.0. The number of carbonyl (C=O) groups excluding carboxylic acids is 1. The van der Waals surface area contributed by atoms with Crippen LogP contribution < -0.4 is 10.6 Å². The Hall–Kier alpha value is -1.73. The lowest BCUT2D eigenvalue weighted by molar-refractivity contribution is -0.133. The Bertz CT molecular complexity index is 622. The minimum absolute atomic E-state index is 0.0586. The number of guanidine groups is 1. The highest BCUT2D eigenvalue weighted by Crippen LogP contribution is 2.22. The quantitative estimate of drug-likeness (QED) is 0.286. The molecule has 2 rings (SSSR count). The molecule has 7 heteroatoms. The molecule has 2 atom stereocenters. The van der Waals surface area contributed by atoms with Crippen molar-refractivity contribution in [1.29, 1.82) is 0 Å². The van der Waals surface area contributed by atoms with Gasteiger partial charge in [0.2, 0.25) is 5.91 Å². The highest BCUT2D eigenvalue weighted by atomic mass is 32.2. The first-order chi connectivity index (χ1) is 13.5. The number of hydrogen-bond donors (Lipinski definition) is 2. The number of thioether (sulfide) groups is 1. The molecule has 0 spiro atoms. The zero-order valence-corrected chi connectivity index (χ0v) is 18.5. The maximum atomic E-state index is 12.3. The van der Waals surface area contributed by atoms with E-state index in [-0.39, 0.29) is 11.9 Å². The molecule has 2 unspecified atom stereocenters. The van der Waals surface area contributed by atoms with Gasteiger partial charge in [0.25, 0.3) is 0 Å². The summed E-state index contributed by atoms with van der Waals surface area (Å²) >= 11 is 1.86. The number of amides is 1. The predicted octanol–water partition coefficient (Wildman–Crippen LogP) is 2.27. The Morgan fingerprint density at radius 1 is 1.32 bits per heavy atom. The second-order valence-electron chi connectivity index (χ2n) is 7.40. The van der Waals surface area contributed by atoms with Crippen LogP contribution >= 0.6 is 11.8 Å². The van der Waals surface area contributed by atoms with Crippen LogP contribution in [0.5, 0.6) is 0 Å². The van der Waals surface area contributed by atoms with Crippen molar-refractivity contribution in [1.82, 2.24) is 20.4 Å². The Kier molecular flexibility index (Phi) is 9.64. The maximum Gasteiger partial charge on any atom is 0.239 e. The van der Waals surface area contributed by atoms with Crippen LogP contribution in [0.25, 0.3) is 0 Å². The lowest BCUT2D eigenvalue weighted by Crippen LogP contribution is -2.44. The van der Waals surface area contributed by atoms with E-state index in [2.05, 4.69) is 51.7 Å². The third-order valence-electron chi connectivity index (χ3n) is 4.87. The van der Waals surface area contributed by atoms with Gasteiger partial charge in [-0.1, -0.05) is 25.1 Å². The fourth-order valence-electron chi connectivity index (χ4n) is 3.39.